The topological polar surface area (TPSA) is 72.9 Å². The molecule has 1 fully saturated rings. The molecular formula is C13H25N3O3. The van der Waals surface area contributed by atoms with Gasteiger partial charge in [-0.15, -0.1) is 0 Å². The largest absolute Gasteiger partial charge is 0.480 e. The molecule has 19 heavy (non-hydrogen) atoms. The van der Waals surface area contributed by atoms with Crippen molar-refractivity contribution in [2.75, 3.05) is 26.7 Å². The Balaban J connectivity index is 2.55. The number of rotatable bonds is 4. The molecule has 6 nitrogen and oxygen atoms in total. The van der Waals surface area contributed by atoms with E-state index in [1.165, 1.54) is 0 Å². The fourth-order valence-corrected chi connectivity index (χ4v) is 2.17. The fourth-order valence-electron chi connectivity index (χ4n) is 2.17. The number of hydrogen-bond acceptors (Lipinski definition) is 3. The smallest absolute Gasteiger partial charge is 0.326 e. The van der Waals surface area contributed by atoms with E-state index >= 15 is 0 Å². The van der Waals surface area contributed by atoms with E-state index in [4.69, 9.17) is 5.11 Å². The van der Waals surface area contributed by atoms with Crippen LogP contribution in [0.2, 0.25) is 0 Å². The number of nitrogens with one attached hydrogen (secondary N) is 1. The van der Waals surface area contributed by atoms with Crippen molar-refractivity contribution in [3.05, 3.63) is 0 Å². The summed E-state index contributed by atoms with van der Waals surface area (Å²) in [5, 5.41) is 11.7. The molecule has 1 rings (SSSR count). The molecule has 6 heteroatoms. The molecule has 0 spiro atoms. The molecule has 0 aromatic rings. The molecule has 0 aromatic heterocycles. The van der Waals surface area contributed by atoms with Crippen molar-refractivity contribution in [3.63, 3.8) is 0 Å². The van der Waals surface area contributed by atoms with E-state index in [0.29, 0.717) is 25.6 Å². The maximum absolute atomic E-state index is 12.1. The van der Waals surface area contributed by atoms with E-state index in [0.717, 1.165) is 6.54 Å². The van der Waals surface area contributed by atoms with Crippen molar-refractivity contribution in [1.29, 1.82) is 0 Å². The van der Waals surface area contributed by atoms with Gasteiger partial charge in [0.1, 0.15) is 6.04 Å². The molecule has 0 saturated carbocycles. The van der Waals surface area contributed by atoms with Gasteiger partial charge in [0.15, 0.2) is 0 Å². The summed E-state index contributed by atoms with van der Waals surface area (Å²) >= 11 is 0. The summed E-state index contributed by atoms with van der Waals surface area (Å²) in [7, 11) is 2.03. The van der Waals surface area contributed by atoms with Gasteiger partial charge in [0, 0.05) is 25.7 Å². The van der Waals surface area contributed by atoms with Gasteiger partial charge in [-0.1, -0.05) is 13.8 Å². The molecule has 110 valence electrons. The van der Waals surface area contributed by atoms with Crippen LogP contribution in [0, 0.1) is 5.92 Å². The van der Waals surface area contributed by atoms with Gasteiger partial charge in [-0.3, -0.25) is 0 Å². The molecule has 2 amide bonds. The van der Waals surface area contributed by atoms with Crippen LogP contribution in [0.5, 0.6) is 0 Å². The van der Waals surface area contributed by atoms with Crippen LogP contribution in [0.25, 0.3) is 0 Å². The van der Waals surface area contributed by atoms with Crippen molar-refractivity contribution < 1.29 is 14.7 Å². The molecule has 0 aliphatic carbocycles. The first-order valence-corrected chi connectivity index (χ1v) is 6.79. The lowest BCUT2D eigenvalue weighted by Crippen LogP contribution is -2.56. The Hall–Kier alpha value is -1.30. The average molecular weight is 271 g/mol. The average Bonchev–Trinajstić information content (AvgIpc) is 2.31. The normalized spacial score (nSPS) is 22.4. The third kappa shape index (κ3) is 4.70. The number of carboxylic acid groups (broad SMARTS) is 1. The maximum Gasteiger partial charge on any atom is 0.326 e. The van der Waals surface area contributed by atoms with E-state index in [2.05, 4.69) is 17.1 Å². The van der Waals surface area contributed by atoms with Crippen LogP contribution in [0.3, 0.4) is 0 Å². The summed E-state index contributed by atoms with van der Waals surface area (Å²) in [5.41, 5.74) is 0. The summed E-state index contributed by atoms with van der Waals surface area (Å²) in [4.78, 5) is 27.1. The van der Waals surface area contributed by atoms with Crippen LogP contribution < -0.4 is 5.32 Å². The zero-order valence-corrected chi connectivity index (χ0v) is 12.2. The molecule has 1 unspecified atom stereocenters. The van der Waals surface area contributed by atoms with E-state index in [1.807, 2.05) is 20.9 Å². The van der Waals surface area contributed by atoms with Crippen LogP contribution in [-0.2, 0) is 4.79 Å². The monoisotopic (exact) mass is 271 g/mol. The molecule has 1 saturated heterocycles. The lowest BCUT2D eigenvalue weighted by Gasteiger charge is -2.38. The highest BCUT2D eigenvalue weighted by Gasteiger charge is 2.28. The number of carbonyl (C=O) groups is 2. The standard InChI is InChI=1S/C13H25N3O3/c1-9(2)7-11(12(17)18)14-13(19)16-6-5-15(4)10(3)8-16/h9-11H,5-8H2,1-4H3,(H,14,19)(H,17,18)/t10?,11-/m0/s1. The Kier molecular flexibility index (Phi) is 5.60. The number of amides is 2. The first kappa shape index (κ1) is 15.8. The summed E-state index contributed by atoms with van der Waals surface area (Å²) < 4.78 is 0. The van der Waals surface area contributed by atoms with Crippen LogP contribution in [0.1, 0.15) is 27.2 Å². The van der Waals surface area contributed by atoms with Crippen LogP contribution >= 0.6 is 0 Å². The Bertz CT molecular complexity index is 333. The Morgan fingerprint density at radius 1 is 1.37 bits per heavy atom. The van der Waals surface area contributed by atoms with Gasteiger partial charge in [0.2, 0.25) is 0 Å². The molecule has 2 N–H and O–H groups in total. The molecule has 0 aromatic carbocycles. The zero-order chi connectivity index (χ0) is 14.6. The number of carbonyl (C=O) groups excluding carboxylic acids is 1. The second-order valence-electron chi connectivity index (χ2n) is 5.75. The molecule has 0 bridgehead atoms. The summed E-state index contributed by atoms with van der Waals surface area (Å²) in [6.07, 6.45) is 0.449. The van der Waals surface area contributed by atoms with Gasteiger partial charge in [0.05, 0.1) is 0 Å². The predicted molar refractivity (Wildman–Crippen MR) is 73.1 cm³/mol. The van der Waals surface area contributed by atoms with Crippen molar-refractivity contribution >= 4 is 12.0 Å². The molecule has 0 radical (unpaired) electrons. The van der Waals surface area contributed by atoms with Crippen molar-refractivity contribution in [2.45, 2.75) is 39.3 Å². The summed E-state index contributed by atoms with van der Waals surface area (Å²) in [6, 6.07) is -0.775. The SMILES string of the molecule is CC(C)C[C@H](NC(=O)N1CCN(C)C(C)C1)C(=O)O. The summed E-state index contributed by atoms with van der Waals surface area (Å²) in [6.45, 7) is 8.04. The predicted octanol–water partition coefficient (Wildman–Crippen LogP) is 0.831. The molecule has 1 heterocycles. The Morgan fingerprint density at radius 2 is 2.00 bits per heavy atom. The van der Waals surface area contributed by atoms with Crippen LogP contribution in [0.15, 0.2) is 0 Å². The van der Waals surface area contributed by atoms with Gasteiger partial charge in [-0.25, -0.2) is 9.59 Å². The van der Waals surface area contributed by atoms with Crippen LogP contribution in [0.4, 0.5) is 4.79 Å². The number of aliphatic carboxylic acids is 1. The van der Waals surface area contributed by atoms with E-state index in [1.54, 1.807) is 4.90 Å². The van der Waals surface area contributed by atoms with Gasteiger partial charge >= 0.3 is 12.0 Å². The minimum Gasteiger partial charge on any atom is -0.480 e. The summed E-state index contributed by atoms with van der Waals surface area (Å²) in [5.74, 6) is -0.739. The highest BCUT2D eigenvalue weighted by Crippen LogP contribution is 2.09. The van der Waals surface area contributed by atoms with E-state index in [9.17, 15) is 9.59 Å². The Morgan fingerprint density at radius 3 is 2.47 bits per heavy atom. The first-order valence-electron chi connectivity index (χ1n) is 6.79. The quantitative estimate of drug-likeness (QED) is 0.794. The van der Waals surface area contributed by atoms with Crippen molar-refractivity contribution in [3.8, 4) is 0 Å². The van der Waals surface area contributed by atoms with Gasteiger partial charge in [0.25, 0.3) is 0 Å². The number of carboxylic acids is 1. The van der Waals surface area contributed by atoms with Gasteiger partial charge < -0.3 is 20.2 Å². The second kappa shape index (κ2) is 6.75. The third-order valence-corrected chi connectivity index (χ3v) is 3.55. The van der Waals surface area contributed by atoms with Crippen molar-refractivity contribution in [2.24, 2.45) is 5.92 Å². The minimum atomic E-state index is -0.968. The highest BCUT2D eigenvalue weighted by atomic mass is 16.4. The van der Waals surface area contributed by atoms with Gasteiger partial charge in [-0.05, 0) is 26.3 Å². The third-order valence-electron chi connectivity index (χ3n) is 3.55. The highest BCUT2D eigenvalue weighted by molar-refractivity contribution is 5.82. The molecule has 1 aliphatic rings. The molecule has 1 aliphatic heterocycles. The number of hydrogen-bond donors (Lipinski definition) is 2. The zero-order valence-electron chi connectivity index (χ0n) is 12.2. The number of piperazine rings is 1. The lowest BCUT2D eigenvalue weighted by molar-refractivity contribution is -0.139. The molecular weight excluding hydrogens is 246 g/mol. The number of likely N-dealkylation sites (N-methyl/N-ethyl adjacent to an activating group) is 1. The van der Waals surface area contributed by atoms with Gasteiger partial charge in [-0.2, -0.15) is 0 Å². The lowest BCUT2D eigenvalue weighted by atomic mass is 10.0. The van der Waals surface area contributed by atoms with Crippen molar-refractivity contribution in [1.82, 2.24) is 15.1 Å². The first-order chi connectivity index (χ1) is 8.81. The number of nitrogens with zero attached hydrogens (tertiary/aromatic N) is 2. The van der Waals surface area contributed by atoms with E-state index in [-0.39, 0.29) is 11.9 Å². The number of urea groups is 1. The Labute approximate surface area is 114 Å². The second-order valence-corrected chi connectivity index (χ2v) is 5.75. The van der Waals surface area contributed by atoms with E-state index < -0.39 is 12.0 Å². The maximum atomic E-state index is 12.1. The molecule has 2 atom stereocenters. The van der Waals surface area contributed by atoms with Crippen LogP contribution in [-0.4, -0.2) is 65.7 Å². The minimum absolute atomic E-state index is 0.229. The fraction of sp³-hybridized carbons (Fsp3) is 0.846.